The summed E-state index contributed by atoms with van der Waals surface area (Å²) in [5.74, 6) is 0. The first kappa shape index (κ1) is 42.0. The summed E-state index contributed by atoms with van der Waals surface area (Å²) in [6.45, 7) is 6.34. The lowest BCUT2D eigenvalue weighted by Crippen LogP contribution is -2.23. The molecular formula is C38H46N8O9. The van der Waals surface area contributed by atoms with Crippen LogP contribution in [0.3, 0.4) is 0 Å². The third-order valence-corrected chi connectivity index (χ3v) is 7.89. The van der Waals surface area contributed by atoms with Crippen LogP contribution in [0.1, 0.15) is 0 Å². The molecule has 4 rings (SSSR count). The summed E-state index contributed by atoms with van der Waals surface area (Å²) in [5.41, 5.74) is 4.47. The van der Waals surface area contributed by atoms with Crippen molar-refractivity contribution in [1.82, 2.24) is 0 Å². The van der Waals surface area contributed by atoms with E-state index in [4.69, 9.17) is 23.7 Å². The summed E-state index contributed by atoms with van der Waals surface area (Å²) in [5, 5.41) is 38.2. The predicted molar refractivity (Wildman–Crippen MR) is 208 cm³/mol. The number of nitrogens with zero attached hydrogens (tertiary/aromatic N) is 8. The molecule has 17 heteroatoms. The molecule has 0 spiro atoms. The van der Waals surface area contributed by atoms with Crippen molar-refractivity contribution in [3.63, 3.8) is 0 Å². The zero-order valence-electron chi connectivity index (χ0n) is 31.0. The van der Waals surface area contributed by atoms with Crippen molar-refractivity contribution in [2.24, 2.45) is 20.5 Å². The van der Waals surface area contributed by atoms with Gasteiger partial charge in [-0.25, -0.2) is 0 Å². The monoisotopic (exact) mass is 758 g/mol. The number of hydrogen-bond donors (Lipinski definition) is 0. The van der Waals surface area contributed by atoms with Gasteiger partial charge in [-0.3, -0.25) is 20.2 Å². The van der Waals surface area contributed by atoms with Crippen molar-refractivity contribution in [2.75, 3.05) is 103 Å². The second-order valence-corrected chi connectivity index (χ2v) is 11.9. The van der Waals surface area contributed by atoms with E-state index >= 15 is 0 Å². The van der Waals surface area contributed by atoms with Crippen LogP contribution in [0.2, 0.25) is 0 Å². The van der Waals surface area contributed by atoms with Crippen LogP contribution in [0.5, 0.6) is 0 Å². The Morgan fingerprint density at radius 2 is 0.655 bits per heavy atom. The molecular weight excluding hydrogens is 712 g/mol. The molecule has 0 amide bonds. The number of nitro groups is 2. The third kappa shape index (κ3) is 16.0. The van der Waals surface area contributed by atoms with Crippen molar-refractivity contribution < 1.29 is 33.5 Å². The van der Waals surface area contributed by atoms with Crippen LogP contribution in [0.25, 0.3) is 0 Å². The SMILES string of the molecule is CN(CCOCCOCCOCCOCCOCCN(C)c1ccc(N=Nc2ccc([N+](=O)[O-])cc2)cc1)c1ccc(N=Nc2ccc([N+](=O)[O-])cc2)cc1. The number of rotatable bonds is 26. The van der Waals surface area contributed by atoms with Crippen LogP contribution in [0, 0.1) is 20.2 Å². The van der Waals surface area contributed by atoms with Gasteiger partial charge in [-0.1, -0.05) is 0 Å². The Hall–Kier alpha value is -5.72. The van der Waals surface area contributed by atoms with E-state index in [2.05, 4.69) is 30.3 Å². The molecule has 55 heavy (non-hydrogen) atoms. The molecule has 0 unspecified atom stereocenters. The van der Waals surface area contributed by atoms with Crippen molar-refractivity contribution in [2.45, 2.75) is 0 Å². The molecule has 0 atom stereocenters. The first-order valence-electron chi connectivity index (χ1n) is 17.6. The standard InChI is InChI=1S/C38H46N8O9/c1-43(35-11-3-31(4-12-35)39-41-33-7-15-37(16-8-33)45(47)48)19-21-51-23-25-53-27-29-55-30-28-54-26-24-52-22-20-44(2)36-13-5-32(6-14-36)40-42-34-9-17-38(18-10-34)46(49)50/h3-18H,19-30H2,1-2H3. The lowest BCUT2D eigenvalue weighted by molar-refractivity contribution is -0.385. The smallest absolute Gasteiger partial charge is 0.269 e. The molecule has 0 aromatic heterocycles. The van der Waals surface area contributed by atoms with Crippen LogP contribution in [-0.2, 0) is 23.7 Å². The summed E-state index contributed by atoms with van der Waals surface area (Å²) >= 11 is 0. The number of azo groups is 2. The van der Waals surface area contributed by atoms with E-state index in [9.17, 15) is 20.2 Å². The predicted octanol–water partition coefficient (Wildman–Crippen LogP) is 7.99. The van der Waals surface area contributed by atoms with E-state index in [1.165, 1.54) is 24.3 Å². The highest BCUT2D eigenvalue weighted by atomic mass is 16.6. The Labute approximate surface area is 319 Å². The van der Waals surface area contributed by atoms with E-state index < -0.39 is 9.85 Å². The topological polar surface area (TPSA) is 188 Å². The fourth-order valence-electron chi connectivity index (χ4n) is 4.70. The van der Waals surface area contributed by atoms with Gasteiger partial charge in [0.15, 0.2) is 0 Å². The van der Waals surface area contributed by atoms with Gasteiger partial charge in [0, 0.05) is 62.8 Å². The minimum Gasteiger partial charge on any atom is -0.377 e. The number of anilines is 2. The van der Waals surface area contributed by atoms with Crippen LogP contribution in [0.15, 0.2) is 118 Å². The number of non-ortho nitro benzene ring substituents is 2. The van der Waals surface area contributed by atoms with Gasteiger partial charge < -0.3 is 33.5 Å². The molecule has 0 aliphatic heterocycles. The van der Waals surface area contributed by atoms with Crippen LogP contribution < -0.4 is 9.80 Å². The molecule has 0 aliphatic rings. The molecule has 0 radical (unpaired) electrons. The molecule has 0 heterocycles. The van der Waals surface area contributed by atoms with Gasteiger partial charge in [0.25, 0.3) is 11.4 Å². The Kier molecular flexibility index (Phi) is 18.2. The van der Waals surface area contributed by atoms with Crippen molar-refractivity contribution in [3.8, 4) is 0 Å². The van der Waals surface area contributed by atoms with E-state index in [0.29, 0.717) is 102 Å². The zero-order chi connectivity index (χ0) is 39.1. The molecule has 0 bridgehead atoms. The van der Waals surface area contributed by atoms with Crippen LogP contribution in [0.4, 0.5) is 45.5 Å². The van der Waals surface area contributed by atoms with Crippen LogP contribution in [-0.4, -0.2) is 103 Å². The molecule has 0 saturated heterocycles. The first-order chi connectivity index (χ1) is 26.8. The summed E-state index contributed by atoms with van der Waals surface area (Å²) in [6, 6.07) is 27.0. The molecule has 0 N–H and O–H groups in total. The van der Waals surface area contributed by atoms with Crippen molar-refractivity contribution >= 4 is 45.5 Å². The fraction of sp³-hybridized carbons (Fsp3) is 0.368. The number of nitro benzene ring substituents is 2. The van der Waals surface area contributed by atoms with Gasteiger partial charge >= 0.3 is 0 Å². The maximum Gasteiger partial charge on any atom is 0.269 e. The lowest BCUT2D eigenvalue weighted by Gasteiger charge is -2.19. The van der Waals surface area contributed by atoms with Gasteiger partial charge in [-0.2, -0.15) is 20.5 Å². The highest BCUT2D eigenvalue weighted by Crippen LogP contribution is 2.25. The van der Waals surface area contributed by atoms with Gasteiger partial charge in [0.2, 0.25) is 0 Å². The number of ether oxygens (including phenoxy) is 5. The number of likely N-dealkylation sites (N-methyl/N-ethyl adjacent to an activating group) is 2. The second-order valence-electron chi connectivity index (χ2n) is 11.9. The van der Waals surface area contributed by atoms with E-state index in [0.717, 1.165) is 11.4 Å². The number of benzene rings is 4. The van der Waals surface area contributed by atoms with Gasteiger partial charge in [0.05, 0.1) is 98.7 Å². The Morgan fingerprint density at radius 1 is 0.418 bits per heavy atom. The molecule has 0 aliphatic carbocycles. The maximum absolute atomic E-state index is 10.8. The zero-order valence-corrected chi connectivity index (χ0v) is 31.0. The van der Waals surface area contributed by atoms with Crippen molar-refractivity contribution in [1.29, 1.82) is 0 Å². The minimum atomic E-state index is -0.453. The maximum atomic E-state index is 10.8. The first-order valence-corrected chi connectivity index (χ1v) is 17.6. The lowest BCUT2D eigenvalue weighted by atomic mass is 10.2. The Morgan fingerprint density at radius 3 is 0.909 bits per heavy atom. The largest absolute Gasteiger partial charge is 0.377 e. The quantitative estimate of drug-likeness (QED) is 0.0261. The Bertz CT molecular complexity index is 1650. The third-order valence-electron chi connectivity index (χ3n) is 7.89. The minimum absolute atomic E-state index is 0.0112. The van der Waals surface area contributed by atoms with Gasteiger partial charge in [-0.15, -0.1) is 0 Å². The molecule has 292 valence electrons. The molecule has 4 aromatic carbocycles. The molecule has 17 nitrogen and oxygen atoms in total. The van der Waals surface area contributed by atoms with Gasteiger partial charge in [-0.05, 0) is 72.8 Å². The van der Waals surface area contributed by atoms with E-state index in [1.807, 2.05) is 62.6 Å². The van der Waals surface area contributed by atoms with E-state index in [-0.39, 0.29) is 11.4 Å². The highest BCUT2D eigenvalue weighted by molar-refractivity contribution is 5.54. The summed E-state index contributed by atoms with van der Waals surface area (Å²) in [4.78, 5) is 24.8. The molecule has 4 aromatic rings. The summed E-state index contributed by atoms with van der Waals surface area (Å²) in [7, 11) is 3.96. The average molecular weight is 759 g/mol. The fourth-order valence-corrected chi connectivity index (χ4v) is 4.70. The molecule has 0 fully saturated rings. The highest BCUT2D eigenvalue weighted by Gasteiger charge is 2.06. The number of hydrogen-bond acceptors (Lipinski definition) is 15. The Balaban J connectivity index is 0.920. The average Bonchev–Trinajstić information content (AvgIpc) is 3.20. The van der Waals surface area contributed by atoms with Crippen LogP contribution >= 0.6 is 0 Å². The second kappa shape index (κ2) is 23.8. The van der Waals surface area contributed by atoms with Gasteiger partial charge in [0.1, 0.15) is 0 Å². The van der Waals surface area contributed by atoms with Crippen molar-refractivity contribution in [3.05, 3.63) is 117 Å². The summed E-state index contributed by atoms with van der Waals surface area (Å²) in [6.07, 6.45) is 0. The summed E-state index contributed by atoms with van der Waals surface area (Å²) < 4.78 is 28.1. The molecule has 0 saturated carbocycles. The van der Waals surface area contributed by atoms with E-state index in [1.54, 1.807) is 24.3 Å². The normalized spacial score (nSPS) is 11.4.